The quantitative estimate of drug-likeness (QED) is 0.228. The normalized spacial score (nSPS) is 13.0. The second-order valence-electron chi connectivity index (χ2n) is 7.05. The van der Waals surface area contributed by atoms with Crippen molar-refractivity contribution in [1.82, 2.24) is 0 Å². The Labute approximate surface area is 183 Å². The van der Waals surface area contributed by atoms with Gasteiger partial charge in [-0.05, 0) is 49.6 Å². The van der Waals surface area contributed by atoms with Gasteiger partial charge in [0.15, 0.2) is 0 Å². The summed E-state index contributed by atoms with van der Waals surface area (Å²) in [5.41, 5.74) is 16.9. The van der Waals surface area contributed by atoms with Crippen molar-refractivity contribution in [2.75, 3.05) is 0 Å². The SMILES string of the molecule is CCCCCc1cccc(C2=CC=C(c3cccc(C)c3)[N+]2=[N-])c1.C[CH2][Ni][CH2]C. The van der Waals surface area contributed by atoms with Crippen LogP contribution in [0.25, 0.3) is 16.9 Å². The van der Waals surface area contributed by atoms with Crippen LogP contribution in [0, 0.1) is 6.92 Å². The van der Waals surface area contributed by atoms with Gasteiger partial charge in [-0.3, -0.25) is 0 Å². The van der Waals surface area contributed by atoms with Crippen LogP contribution in [-0.2, 0) is 20.9 Å². The van der Waals surface area contributed by atoms with E-state index in [4.69, 9.17) is 0 Å². The first-order chi connectivity index (χ1) is 14.1. The molecule has 0 bridgehead atoms. The fourth-order valence-electron chi connectivity index (χ4n) is 3.29. The van der Waals surface area contributed by atoms with E-state index in [1.165, 1.54) is 45.9 Å². The molecule has 0 aliphatic carbocycles. The zero-order valence-electron chi connectivity index (χ0n) is 18.2. The van der Waals surface area contributed by atoms with Gasteiger partial charge in [-0.15, -0.1) is 0 Å². The third kappa shape index (κ3) is 7.08. The molecule has 0 fully saturated rings. The van der Waals surface area contributed by atoms with E-state index in [1.54, 1.807) is 0 Å². The summed E-state index contributed by atoms with van der Waals surface area (Å²) in [4.78, 5) is 0. The summed E-state index contributed by atoms with van der Waals surface area (Å²) < 4.78 is 1.31. The molecule has 0 atom stereocenters. The van der Waals surface area contributed by atoms with Crippen LogP contribution >= 0.6 is 0 Å². The van der Waals surface area contributed by atoms with E-state index in [2.05, 4.69) is 64.1 Å². The first-order valence-electron chi connectivity index (χ1n) is 10.6. The first kappa shape index (κ1) is 23.3. The summed E-state index contributed by atoms with van der Waals surface area (Å²) in [6, 6.07) is 16.7. The molecular weight excluding hydrogens is 399 g/mol. The summed E-state index contributed by atoms with van der Waals surface area (Å²) in [5, 5.41) is 2.56. The van der Waals surface area contributed by atoms with Crippen molar-refractivity contribution in [2.24, 2.45) is 0 Å². The van der Waals surface area contributed by atoms with Crippen LogP contribution in [0.3, 0.4) is 0 Å². The molecule has 2 aromatic carbocycles. The van der Waals surface area contributed by atoms with Crippen LogP contribution in [0.2, 0.25) is 10.8 Å². The molecular formula is C26H34N2Ni. The summed E-state index contributed by atoms with van der Waals surface area (Å²) in [5.74, 6) is 0. The number of hydrogen-bond acceptors (Lipinski definition) is 0. The third-order valence-electron chi connectivity index (χ3n) is 4.78. The van der Waals surface area contributed by atoms with Crippen LogP contribution in [-0.4, -0.2) is 4.70 Å². The van der Waals surface area contributed by atoms with Gasteiger partial charge in [-0.1, -0.05) is 49.6 Å². The Hall–Kier alpha value is -1.99. The van der Waals surface area contributed by atoms with E-state index in [0.29, 0.717) is 0 Å². The molecule has 1 aliphatic rings. The minimum atomic E-state index is 0.824. The second kappa shape index (κ2) is 12.5. The molecule has 2 aromatic rings. The Morgan fingerprint density at radius 3 is 2.00 bits per heavy atom. The van der Waals surface area contributed by atoms with E-state index in [-0.39, 0.29) is 0 Å². The predicted molar refractivity (Wildman–Crippen MR) is 121 cm³/mol. The molecule has 0 aromatic heterocycles. The van der Waals surface area contributed by atoms with Crippen molar-refractivity contribution in [3.8, 4) is 0 Å². The number of rotatable bonds is 8. The van der Waals surface area contributed by atoms with Crippen LogP contribution in [0.5, 0.6) is 0 Å². The molecule has 3 heteroatoms. The number of unbranched alkanes of at least 4 members (excludes halogenated alkanes) is 2. The van der Waals surface area contributed by atoms with Crippen molar-refractivity contribution in [3.63, 3.8) is 0 Å². The molecule has 0 unspecified atom stereocenters. The molecule has 29 heavy (non-hydrogen) atoms. The van der Waals surface area contributed by atoms with E-state index < -0.39 is 0 Å². The Morgan fingerprint density at radius 2 is 1.45 bits per heavy atom. The standard InChI is InChI=1S/C22H24N2.2C2H5.Ni/c1-3-4-5-9-18-10-7-12-20(16-18)22-14-13-21(24(22)23)19-11-6-8-17(2)15-19;2*1-2;/h6-8,10-16H,3-5,9H2,1-2H3;2*1H2,2H3;. The van der Waals surface area contributed by atoms with Gasteiger partial charge in [0.05, 0.1) is 0 Å². The topological polar surface area (TPSA) is 25.3 Å². The zero-order chi connectivity index (χ0) is 21.1. The van der Waals surface area contributed by atoms with Gasteiger partial charge in [-0.2, -0.15) is 0 Å². The molecule has 0 saturated carbocycles. The second-order valence-corrected chi connectivity index (χ2v) is 8.94. The number of aryl methyl sites for hydroxylation is 2. The van der Waals surface area contributed by atoms with E-state index in [0.717, 1.165) is 28.9 Å². The van der Waals surface area contributed by atoms with Gasteiger partial charge >= 0.3 is 39.1 Å². The van der Waals surface area contributed by atoms with Gasteiger partial charge in [0.1, 0.15) is 0 Å². The Kier molecular flexibility index (Phi) is 10.1. The van der Waals surface area contributed by atoms with E-state index in [9.17, 15) is 5.53 Å². The van der Waals surface area contributed by atoms with Crippen LogP contribution in [0.15, 0.2) is 60.7 Å². The molecule has 1 aliphatic heterocycles. The maximum atomic E-state index is 10.6. The number of hydrogen-bond donors (Lipinski definition) is 0. The van der Waals surface area contributed by atoms with Crippen molar-refractivity contribution in [2.45, 2.75) is 64.2 Å². The van der Waals surface area contributed by atoms with Gasteiger partial charge in [0.2, 0.25) is 11.4 Å². The number of nitrogens with zero attached hydrogens (tertiary/aromatic N) is 2. The molecule has 0 spiro atoms. The van der Waals surface area contributed by atoms with E-state index >= 15 is 0 Å². The Balaban J connectivity index is 0.000000537. The average molecular weight is 433 g/mol. The van der Waals surface area contributed by atoms with Gasteiger partial charge in [0, 0.05) is 23.3 Å². The molecule has 0 saturated heterocycles. The van der Waals surface area contributed by atoms with Crippen LogP contribution in [0.1, 0.15) is 62.3 Å². The molecule has 2 nitrogen and oxygen atoms in total. The number of benzene rings is 2. The number of allylic oxidation sites excluding steroid dienone is 2. The minimum absolute atomic E-state index is 0.824. The summed E-state index contributed by atoms with van der Waals surface area (Å²) >= 11 is 1.82. The van der Waals surface area contributed by atoms with Gasteiger partial charge in [0.25, 0.3) is 0 Å². The Morgan fingerprint density at radius 1 is 0.828 bits per heavy atom. The van der Waals surface area contributed by atoms with Gasteiger partial charge in [-0.25, -0.2) is 4.70 Å². The monoisotopic (exact) mass is 432 g/mol. The van der Waals surface area contributed by atoms with Crippen LogP contribution in [0.4, 0.5) is 0 Å². The molecule has 0 N–H and O–H groups in total. The maximum absolute atomic E-state index is 10.6. The molecule has 1 heterocycles. The van der Waals surface area contributed by atoms with Crippen molar-refractivity contribution < 1.29 is 19.1 Å². The molecule has 0 radical (unpaired) electrons. The first-order valence-corrected chi connectivity index (χ1v) is 12.0. The average Bonchev–Trinajstić information content (AvgIpc) is 3.11. The molecule has 3 rings (SSSR count). The zero-order valence-corrected chi connectivity index (χ0v) is 19.2. The molecule has 0 amide bonds. The summed E-state index contributed by atoms with van der Waals surface area (Å²) in [7, 11) is 0. The third-order valence-corrected chi connectivity index (χ3v) is 5.76. The molecule has 158 valence electrons. The van der Waals surface area contributed by atoms with Gasteiger partial charge < -0.3 is 5.53 Å². The van der Waals surface area contributed by atoms with Crippen LogP contribution < -0.4 is 0 Å². The van der Waals surface area contributed by atoms with Crippen molar-refractivity contribution in [3.05, 3.63) is 88.5 Å². The van der Waals surface area contributed by atoms with Crippen molar-refractivity contribution >= 4 is 11.4 Å². The summed E-state index contributed by atoms with van der Waals surface area (Å²) in [6.45, 7) is 8.66. The Bertz CT molecular complexity index is 863. The van der Waals surface area contributed by atoms with Crippen molar-refractivity contribution in [1.29, 1.82) is 0 Å². The fraction of sp³-hybridized carbons (Fsp3) is 0.385. The van der Waals surface area contributed by atoms with E-state index in [1.807, 2.05) is 38.7 Å². The fourth-order valence-corrected chi connectivity index (χ4v) is 3.79. The predicted octanol–water partition coefficient (Wildman–Crippen LogP) is 8.10. The summed E-state index contributed by atoms with van der Waals surface area (Å²) in [6.07, 6.45) is 8.78.